The van der Waals surface area contributed by atoms with Crippen molar-refractivity contribution >= 4 is 11.9 Å². The molecule has 0 heterocycles. The van der Waals surface area contributed by atoms with Crippen molar-refractivity contribution in [1.82, 2.24) is 5.32 Å². The average molecular weight is 606 g/mol. The van der Waals surface area contributed by atoms with E-state index in [1.54, 1.807) is 0 Å². The summed E-state index contributed by atoms with van der Waals surface area (Å²) in [6.07, 6.45) is 7.09. The molecule has 0 aliphatic heterocycles. The lowest BCUT2D eigenvalue weighted by Crippen LogP contribution is -2.24. The molecule has 236 valence electrons. The quantitative estimate of drug-likeness (QED) is 0.125. The fraction of sp³-hybridized carbons (Fsp3) is 0.350. The summed E-state index contributed by atoms with van der Waals surface area (Å²) in [6, 6.07) is 27.1. The molecule has 5 nitrogen and oxygen atoms in total. The number of aliphatic carboxylic acids is 1. The predicted octanol–water partition coefficient (Wildman–Crippen LogP) is 9.42. The first-order chi connectivity index (χ1) is 21.7. The summed E-state index contributed by atoms with van der Waals surface area (Å²) >= 11 is 0. The Hall–Kier alpha value is -4.38. The number of carbonyl (C=O) groups is 2. The minimum Gasteiger partial charge on any atom is -0.492 e. The molecular weight excluding hydrogens is 558 g/mol. The van der Waals surface area contributed by atoms with Crippen LogP contribution in [-0.4, -0.2) is 30.1 Å². The molecule has 4 aromatic rings. The molecule has 45 heavy (non-hydrogen) atoms. The fourth-order valence-electron chi connectivity index (χ4n) is 5.94. The number of nitrogens with one attached hydrogen (secondary N) is 1. The van der Waals surface area contributed by atoms with E-state index in [1.165, 1.54) is 18.4 Å². The lowest BCUT2D eigenvalue weighted by Gasteiger charge is -2.20. The third-order valence-electron chi connectivity index (χ3n) is 7.97. The first kappa shape index (κ1) is 33.5. The Morgan fingerprint density at radius 3 is 1.76 bits per heavy atom. The van der Waals surface area contributed by atoms with Crippen LogP contribution in [0.2, 0.25) is 0 Å². The molecule has 0 aliphatic rings. The van der Waals surface area contributed by atoms with Gasteiger partial charge in [-0.25, -0.2) is 0 Å². The van der Waals surface area contributed by atoms with Gasteiger partial charge in [0, 0.05) is 29.7 Å². The second-order valence-corrected chi connectivity index (χ2v) is 12.3. The number of carboxylic acid groups (broad SMARTS) is 1. The molecule has 0 unspecified atom stereocenters. The Kier molecular flexibility index (Phi) is 12.4. The zero-order valence-electron chi connectivity index (χ0n) is 27.2. The average Bonchev–Trinajstić information content (AvgIpc) is 2.99. The summed E-state index contributed by atoms with van der Waals surface area (Å²) in [5.74, 6) is -0.280. The third kappa shape index (κ3) is 10.3. The number of unbranched alkanes of at least 4 members (excludes halogenated alkanes) is 4. The molecule has 4 rings (SSSR count). The van der Waals surface area contributed by atoms with Crippen LogP contribution in [0.5, 0.6) is 5.75 Å². The molecule has 5 heteroatoms. The van der Waals surface area contributed by atoms with Crippen molar-refractivity contribution in [1.29, 1.82) is 0 Å². The van der Waals surface area contributed by atoms with E-state index in [1.807, 2.05) is 12.1 Å². The predicted molar refractivity (Wildman–Crippen MR) is 184 cm³/mol. The first-order valence-electron chi connectivity index (χ1n) is 16.2. The highest BCUT2D eigenvalue weighted by atomic mass is 16.5. The van der Waals surface area contributed by atoms with Gasteiger partial charge < -0.3 is 15.2 Å². The first-order valence-corrected chi connectivity index (χ1v) is 16.2. The van der Waals surface area contributed by atoms with Crippen molar-refractivity contribution in [3.05, 3.63) is 112 Å². The smallest absolute Gasteiger partial charge is 0.303 e. The van der Waals surface area contributed by atoms with Gasteiger partial charge in [0.05, 0.1) is 6.61 Å². The van der Waals surface area contributed by atoms with Gasteiger partial charge in [-0.15, -0.1) is 0 Å². The monoisotopic (exact) mass is 605 g/mol. The van der Waals surface area contributed by atoms with Crippen LogP contribution in [0.25, 0.3) is 22.3 Å². The van der Waals surface area contributed by atoms with Gasteiger partial charge in [-0.1, -0.05) is 108 Å². The molecule has 4 aromatic carbocycles. The summed E-state index contributed by atoms with van der Waals surface area (Å²) in [5.41, 5.74) is 10.0. The highest BCUT2D eigenvalue weighted by molar-refractivity contribution is 5.99. The molecule has 0 spiro atoms. The lowest BCUT2D eigenvalue weighted by molar-refractivity contribution is -0.137. The van der Waals surface area contributed by atoms with Crippen molar-refractivity contribution in [2.75, 3.05) is 13.2 Å². The molecular formula is C40H47NO4. The minimum absolute atomic E-state index is 0.0330. The van der Waals surface area contributed by atoms with Gasteiger partial charge in [0.2, 0.25) is 0 Å². The molecule has 2 N–H and O–H groups in total. The zero-order valence-corrected chi connectivity index (χ0v) is 27.2. The van der Waals surface area contributed by atoms with E-state index in [-0.39, 0.29) is 18.9 Å². The molecule has 0 aliphatic carbocycles. The lowest BCUT2D eigenvalue weighted by atomic mass is 9.91. The number of amides is 1. The van der Waals surface area contributed by atoms with Gasteiger partial charge in [0.15, 0.2) is 0 Å². The Labute approximate surface area is 268 Å². The molecule has 0 saturated heterocycles. The van der Waals surface area contributed by atoms with E-state index >= 15 is 0 Å². The fourth-order valence-corrected chi connectivity index (χ4v) is 5.94. The van der Waals surface area contributed by atoms with E-state index in [9.17, 15) is 14.7 Å². The van der Waals surface area contributed by atoms with Crippen LogP contribution in [0.15, 0.2) is 78.9 Å². The van der Waals surface area contributed by atoms with Crippen LogP contribution >= 0.6 is 0 Å². The molecule has 0 bridgehead atoms. The highest BCUT2D eigenvalue weighted by Crippen LogP contribution is 2.41. The van der Waals surface area contributed by atoms with Crippen molar-refractivity contribution in [3.8, 4) is 28.0 Å². The van der Waals surface area contributed by atoms with E-state index in [2.05, 4.69) is 99.7 Å². The van der Waals surface area contributed by atoms with Crippen molar-refractivity contribution in [2.45, 2.75) is 79.1 Å². The number of aryl methyl sites for hydroxylation is 5. The normalized spacial score (nSPS) is 10.9. The van der Waals surface area contributed by atoms with Gasteiger partial charge in [-0.05, 0) is 82.2 Å². The number of carbonyl (C=O) groups excluding carboxylic acids is 1. The van der Waals surface area contributed by atoms with E-state index < -0.39 is 5.97 Å². The zero-order chi connectivity index (χ0) is 32.2. The largest absolute Gasteiger partial charge is 0.492 e. The summed E-state index contributed by atoms with van der Waals surface area (Å²) in [5, 5.41) is 12.3. The molecule has 1 amide bonds. The second-order valence-electron chi connectivity index (χ2n) is 12.3. The number of hydrogen-bond donors (Lipinski definition) is 2. The summed E-state index contributed by atoms with van der Waals surface area (Å²) in [7, 11) is 0. The molecule has 0 atom stereocenters. The summed E-state index contributed by atoms with van der Waals surface area (Å²) in [6.45, 7) is 9.14. The topological polar surface area (TPSA) is 75.6 Å². The summed E-state index contributed by atoms with van der Waals surface area (Å²) < 4.78 is 6.40. The number of hydrogen-bond acceptors (Lipinski definition) is 3. The standard InChI is InChI=1S/C40H47NO4/c1-28-20-29(2)23-33(22-28)36-26-35(40(44)41-18-12-7-5-6-9-14-32-15-10-8-11-16-32)27-37(34-24-30(3)21-31(4)25-34)39(36)45-19-13-17-38(42)43/h8,10-11,15-16,20-27H,5-7,9,12-14,17-19H2,1-4H3,(H,41,44)(H,42,43). The number of benzene rings is 4. The molecule has 0 fully saturated rings. The van der Waals surface area contributed by atoms with Crippen LogP contribution in [0.3, 0.4) is 0 Å². The maximum atomic E-state index is 13.6. The van der Waals surface area contributed by atoms with Gasteiger partial charge in [-0.3, -0.25) is 9.59 Å². The Bertz CT molecular complexity index is 1480. The van der Waals surface area contributed by atoms with Gasteiger partial charge >= 0.3 is 5.97 Å². The maximum Gasteiger partial charge on any atom is 0.303 e. The van der Waals surface area contributed by atoms with Crippen molar-refractivity contribution in [2.24, 2.45) is 0 Å². The van der Waals surface area contributed by atoms with E-state index in [0.717, 1.165) is 70.2 Å². The van der Waals surface area contributed by atoms with Gasteiger partial charge in [0.25, 0.3) is 5.91 Å². The molecule has 0 saturated carbocycles. The number of carboxylic acids is 1. The maximum absolute atomic E-state index is 13.6. The molecule has 0 aromatic heterocycles. The SMILES string of the molecule is Cc1cc(C)cc(-c2cc(C(=O)NCCCCCCCc3ccccc3)cc(-c3cc(C)cc(C)c3)c2OCCCC(=O)O)c1. The Morgan fingerprint density at radius 1 is 0.667 bits per heavy atom. The van der Waals surface area contributed by atoms with E-state index in [4.69, 9.17) is 4.74 Å². The molecule has 0 radical (unpaired) electrons. The summed E-state index contributed by atoms with van der Waals surface area (Å²) in [4.78, 5) is 24.8. The van der Waals surface area contributed by atoms with Crippen LogP contribution in [-0.2, 0) is 11.2 Å². The minimum atomic E-state index is -0.845. The van der Waals surface area contributed by atoms with E-state index in [0.29, 0.717) is 24.3 Å². The van der Waals surface area contributed by atoms with Gasteiger partial charge in [0.1, 0.15) is 5.75 Å². The van der Waals surface area contributed by atoms with Crippen LogP contribution in [0.4, 0.5) is 0 Å². The van der Waals surface area contributed by atoms with Crippen molar-refractivity contribution < 1.29 is 19.4 Å². The van der Waals surface area contributed by atoms with Crippen LogP contribution < -0.4 is 10.1 Å². The third-order valence-corrected chi connectivity index (χ3v) is 7.97. The van der Waals surface area contributed by atoms with Crippen LogP contribution in [0, 0.1) is 27.7 Å². The number of ether oxygens (including phenoxy) is 1. The van der Waals surface area contributed by atoms with Crippen LogP contribution in [0.1, 0.15) is 83.1 Å². The highest BCUT2D eigenvalue weighted by Gasteiger charge is 2.20. The Morgan fingerprint density at radius 2 is 1.20 bits per heavy atom. The van der Waals surface area contributed by atoms with Gasteiger partial charge in [-0.2, -0.15) is 0 Å². The number of rotatable bonds is 16. The second kappa shape index (κ2) is 16.6. The Balaban J connectivity index is 1.55. The van der Waals surface area contributed by atoms with Crippen molar-refractivity contribution in [3.63, 3.8) is 0 Å².